The molecule has 2 aliphatic heterocycles. The molecule has 2 saturated heterocycles. The maximum atomic E-state index is 13.4. The summed E-state index contributed by atoms with van der Waals surface area (Å²) < 4.78 is 13.4. The Balaban J connectivity index is 1.73. The zero-order valence-electron chi connectivity index (χ0n) is 15.0. The van der Waals surface area contributed by atoms with Gasteiger partial charge in [-0.15, -0.1) is 0 Å². The Labute approximate surface area is 145 Å². The molecule has 2 aliphatic rings. The van der Waals surface area contributed by atoms with E-state index in [1.54, 1.807) is 12.1 Å². The molecule has 0 aromatic heterocycles. The van der Waals surface area contributed by atoms with E-state index in [0.717, 1.165) is 58.9 Å². The predicted octanol–water partition coefficient (Wildman–Crippen LogP) is 1.80. The van der Waals surface area contributed by atoms with Gasteiger partial charge in [-0.3, -0.25) is 9.80 Å². The Kier molecular flexibility index (Phi) is 6.22. The van der Waals surface area contributed by atoms with Crippen molar-refractivity contribution in [1.29, 1.82) is 0 Å². The highest BCUT2D eigenvalue weighted by molar-refractivity contribution is 5.21. The molecule has 0 spiro atoms. The summed E-state index contributed by atoms with van der Waals surface area (Å²) in [6, 6.07) is 7.99. The van der Waals surface area contributed by atoms with Gasteiger partial charge in [0.15, 0.2) is 0 Å². The first-order valence-corrected chi connectivity index (χ1v) is 9.34. The lowest BCUT2D eigenvalue weighted by Crippen LogP contribution is -2.54. The number of piperazine rings is 2. The Morgan fingerprint density at radius 1 is 1.08 bits per heavy atom. The summed E-state index contributed by atoms with van der Waals surface area (Å²) >= 11 is 0. The minimum absolute atomic E-state index is 0.151. The second-order valence-corrected chi connectivity index (χ2v) is 7.09. The third kappa shape index (κ3) is 4.33. The van der Waals surface area contributed by atoms with Crippen LogP contribution in [0.25, 0.3) is 0 Å². The molecule has 5 heteroatoms. The number of likely N-dealkylation sites (N-methyl/N-ethyl adjacent to an activating group) is 1. The number of halogens is 1. The van der Waals surface area contributed by atoms with Gasteiger partial charge < -0.3 is 10.2 Å². The van der Waals surface area contributed by atoms with E-state index < -0.39 is 0 Å². The van der Waals surface area contributed by atoms with Gasteiger partial charge in [-0.1, -0.05) is 19.1 Å². The fraction of sp³-hybridized carbons (Fsp3) is 0.684. The summed E-state index contributed by atoms with van der Waals surface area (Å²) in [6.45, 7) is 14.4. The number of nitrogens with zero attached hydrogens (tertiary/aromatic N) is 3. The number of nitrogens with one attached hydrogen (secondary N) is 1. The molecule has 0 radical (unpaired) electrons. The number of hydrogen-bond acceptors (Lipinski definition) is 4. The van der Waals surface area contributed by atoms with Crippen LogP contribution in [0.4, 0.5) is 4.39 Å². The van der Waals surface area contributed by atoms with Gasteiger partial charge in [0, 0.05) is 64.4 Å². The van der Waals surface area contributed by atoms with Gasteiger partial charge in [0.1, 0.15) is 5.82 Å². The lowest BCUT2D eigenvalue weighted by Gasteiger charge is -2.43. The van der Waals surface area contributed by atoms with Crippen LogP contribution in [0.15, 0.2) is 24.3 Å². The lowest BCUT2D eigenvalue weighted by molar-refractivity contribution is 0.0623. The van der Waals surface area contributed by atoms with Crippen molar-refractivity contribution in [3.63, 3.8) is 0 Å². The topological polar surface area (TPSA) is 21.8 Å². The van der Waals surface area contributed by atoms with Crippen LogP contribution in [-0.4, -0.2) is 79.6 Å². The van der Waals surface area contributed by atoms with Gasteiger partial charge >= 0.3 is 0 Å². The van der Waals surface area contributed by atoms with Crippen LogP contribution in [0.3, 0.4) is 0 Å². The van der Waals surface area contributed by atoms with Crippen molar-refractivity contribution in [2.75, 3.05) is 58.9 Å². The van der Waals surface area contributed by atoms with E-state index in [2.05, 4.69) is 33.9 Å². The van der Waals surface area contributed by atoms with Crippen molar-refractivity contribution in [3.8, 4) is 0 Å². The lowest BCUT2D eigenvalue weighted by atomic mass is 10.0. The number of benzene rings is 1. The highest BCUT2D eigenvalue weighted by atomic mass is 19.1. The molecule has 24 heavy (non-hydrogen) atoms. The maximum Gasteiger partial charge on any atom is 0.123 e. The fourth-order valence-corrected chi connectivity index (χ4v) is 3.94. The van der Waals surface area contributed by atoms with Crippen LogP contribution in [0.1, 0.15) is 25.5 Å². The molecule has 1 aromatic carbocycles. The van der Waals surface area contributed by atoms with Crippen molar-refractivity contribution in [2.24, 2.45) is 0 Å². The molecule has 0 saturated carbocycles. The van der Waals surface area contributed by atoms with E-state index in [0.29, 0.717) is 12.1 Å². The molecule has 4 nitrogen and oxygen atoms in total. The first kappa shape index (κ1) is 17.8. The summed E-state index contributed by atoms with van der Waals surface area (Å²) in [5.41, 5.74) is 1.24. The van der Waals surface area contributed by atoms with Crippen LogP contribution in [0.2, 0.25) is 0 Å². The van der Waals surface area contributed by atoms with Gasteiger partial charge in [-0.2, -0.15) is 0 Å². The number of rotatable bonds is 5. The van der Waals surface area contributed by atoms with E-state index in [9.17, 15) is 4.39 Å². The highest BCUT2D eigenvalue weighted by Gasteiger charge is 2.29. The quantitative estimate of drug-likeness (QED) is 0.886. The fourth-order valence-electron chi connectivity index (χ4n) is 3.94. The molecule has 0 bridgehead atoms. The molecule has 1 aromatic rings. The molecule has 0 aliphatic carbocycles. The molecule has 3 rings (SSSR count). The van der Waals surface area contributed by atoms with Crippen molar-refractivity contribution in [3.05, 3.63) is 35.6 Å². The average Bonchev–Trinajstić information content (AvgIpc) is 2.62. The Morgan fingerprint density at radius 2 is 1.75 bits per heavy atom. The predicted molar refractivity (Wildman–Crippen MR) is 96.7 cm³/mol. The SMILES string of the molecule is CCN1CCN(CC(c2ccc(F)cc2)N2CCNCC2C)CC1. The third-order valence-electron chi connectivity index (χ3n) is 5.55. The van der Waals surface area contributed by atoms with Gasteiger partial charge in [0.05, 0.1) is 0 Å². The van der Waals surface area contributed by atoms with Gasteiger partial charge in [-0.05, 0) is 31.2 Å². The average molecular weight is 334 g/mol. The zero-order valence-corrected chi connectivity index (χ0v) is 15.0. The standard InChI is InChI=1S/C19H31FN4/c1-3-22-10-12-23(13-11-22)15-19(17-4-6-18(20)7-5-17)24-9-8-21-14-16(24)2/h4-7,16,19,21H,3,8-15H2,1-2H3. The Bertz CT molecular complexity index is 499. The maximum absolute atomic E-state index is 13.4. The van der Waals surface area contributed by atoms with Crippen LogP contribution in [0.5, 0.6) is 0 Å². The highest BCUT2D eigenvalue weighted by Crippen LogP contribution is 2.26. The van der Waals surface area contributed by atoms with Gasteiger partial charge in [0.2, 0.25) is 0 Å². The zero-order chi connectivity index (χ0) is 16.9. The molecule has 1 N–H and O–H groups in total. The molecule has 0 amide bonds. The minimum atomic E-state index is -0.151. The third-order valence-corrected chi connectivity index (χ3v) is 5.55. The molecule has 2 heterocycles. The smallest absolute Gasteiger partial charge is 0.123 e. The van der Waals surface area contributed by atoms with Crippen LogP contribution in [-0.2, 0) is 0 Å². The molecule has 2 atom stereocenters. The van der Waals surface area contributed by atoms with Crippen molar-refractivity contribution >= 4 is 0 Å². The molecular formula is C19H31FN4. The molecular weight excluding hydrogens is 303 g/mol. The Morgan fingerprint density at radius 3 is 2.38 bits per heavy atom. The summed E-state index contributed by atoms with van der Waals surface area (Å²) in [5.74, 6) is -0.151. The summed E-state index contributed by atoms with van der Waals surface area (Å²) in [7, 11) is 0. The largest absolute Gasteiger partial charge is 0.314 e. The van der Waals surface area contributed by atoms with Crippen LogP contribution in [0, 0.1) is 5.82 Å². The minimum Gasteiger partial charge on any atom is -0.314 e. The van der Waals surface area contributed by atoms with Crippen molar-refractivity contribution < 1.29 is 4.39 Å². The van der Waals surface area contributed by atoms with Crippen LogP contribution >= 0.6 is 0 Å². The normalized spacial score (nSPS) is 25.7. The van der Waals surface area contributed by atoms with E-state index in [4.69, 9.17) is 0 Å². The molecule has 2 unspecified atom stereocenters. The van der Waals surface area contributed by atoms with E-state index in [1.807, 2.05) is 12.1 Å². The molecule has 134 valence electrons. The van der Waals surface area contributed by atoms with E-state index in [1.165, 1.54) is 5.56 Å². The second kappa shape index (κ2) is 8.39. The summed E-state index contributed by atoms with van der Waals surface area (Å²) in [6.07, 6.45) is 0. The second-order valence-electron chi connectivity index (χ2n) is 7.09. The van der Waals surface area contributed by atoms with Crippen LogP contribution < -0.4 is 5.32 Å². The van der Waals surface area contributed by atoms with Gasteiger partial charge in [-0.25, -0.2) is 4.39 Å². The van der Waals surface area contributed by atoms with E-state index in [-0.39, 0.29) is 5.82 Å². The summed E-state index contributed by atoms with van der Waals surface area (Å²) in [5, 5.41) is 3.48. The van der Waals surface area contributed by atoms with Crippen molar-refractivity contribution in [2.45, 2.75) is 25.9 Å². The van der Waals surface area contributed by atoms with Gasteiger partial charge in [0.25, 0.3) is 0 Å². The molecule has 2 fully saturated rings. The van der Waals surface area contributed by atoms with Crippen molar-refractivity contribution in [1.82, 2.24) is 20.0 Å². The summed E-state index contributed by atoms with van der Waals surface area (Å²) in [4.78, 5) is 7.68. The number of hydrogen-bond donors (Lipinski definition) is 1. The first-order chi connectivity index (χ1) is 11.7. The Hall–Kier alpha value is -1.01. The monoisotopic (exact) mass is 334 g/mol. The first-order valence-electron chi connectivity index (χ1n) is 9.34. The van der Waals surface area contributed by atoms with E-state index >= 15 is 0 Å².